The zero-order chi connectivity index (χ0) is 18.0. The summed E-state index contributed by atoms with van der Waals surface area (Å²) in [5.41, 5.74) is 6.07. The first kappa shape index (κ1) is 17.4. The molecule has 130 valence electrons. The van der Waals surface area contributed by atoms with E-state index in [1.54, 1.807) is 18.2 Å². The van der Waals surface area contributed by atoms with Crippen molar-refractivity contribution < 1.29 is 13.6 Å². The van der Waals surface area contributed by atoms with Gasteiger partial charge in [-0.05, 0) is 43.2 Å². The summed E-state index contributed by atoms with van der Waals surface area (Å²) in [5.74, 6) is -1.78. The van der Waals surface area contributed by atoms with Gasteiger partial charge in [-0.2, -0.15) is 0 Å². The molecule has 4 nitrogen and oxygen atoms in total. The first-order valence-electron chi connectivity index (χ1n) is 7.73. The van der Waals surface area contributed by atoms with Crippen LogP contribution in [0.15, 0.2) is 47.5 Å². The van der Waals surface area contributed by atoms with E-state index in [0.29, 0.717) is 10.9 Å². The summed E-state index contributed by atoms with van der Waals surface area (Å²) in [5, 5.41) is 3.07. The van der Waals surface area contributed by atoms with E-state index in [-0.39, 0.29) is 0 Å². The Morgan fingerprint density at radius 1 is 1.24 bits per heavy atom. The van der Waals surface area contributed by atoms with Crippen molar-refractivity contribution in [1.29, 1.82) is 0 Å². The lowest BCUT2D eigenvalue weighted by molar-refractivity contribution is 0.101. The van der Waals surface area contributed by atoms with Crippen molar-refractivity contribution in [2.45, 2.75) is 18.9 Å². The van der Waals surface area contributed by atoms with E-state index in [2.05, 4.69) is 10.3 Å². The van der Waals surface area contributed by atoms with E-state index < -0.39 is 28.6 Å². The van der Waals surface area contributed by atoms with Crippen LogP contribution in [0.4, 0.5) is 14.5 Å². The summed E-state index contributed by atoms with van der Waals surface area (Å²) < 4.78 is 27.5. The number of nitrogens with zero attached hydrogens (tertiary/aromatic N) is 1. The highest BCUT2D eigenvalue weighted by atomic mass is 32.2. The van der Waals surface area contributed by atoms with Crippen molar-refractivity contribution in [3.05, 3.63) is 65.2 Å². The van der Waals surface area contributed by atoms with Gasteiger partial charge in [-0.3, -0.25) is 9.79 Å². The lowest BCUT2D eigenvalue weighted by Crippen LogP contribution is -2.28. The number of hydrogen-bond donors (Lipinski definition) is 2. The third-order valence-corrected chi connectivity index (χ3v) is 4.92. The third-order valence-electron chi connectivity index (χ3n) is 4.13. The minimum absolute atomic E-state index is 0.443. The van der Waals surface area contributed by atoms with Gasteiger partial charge in [0, 0.05) is 11.4 Å². The molecule has 1 atom stereocenters. The molecule has 0 bridgehead atoms. The Labute approximate surface area is 148 Å². The second-order valence-corrected chi connectivity index (χ2v) is 7.07. The molecule has 1 heterocycles. The van der Waals surface area contributed by atoms with Crippen molar-refractivity contribution in [2.75, 3.05) is 11.1 Å². The highest BCUT2D eigenvalue weighted by molar-refractivity contribution is 8.13. The summed E-state index contributed by atoms with van der Waals surface area (Å²) in [4.78, 5) is 16.7. The number of nitrogens with one attached hydrogen (secondary N) is 1. The molecule has 2 aromatic rings. The van der Waals surface area contributed by atoms with Crippen molar-refractivity contribution in [3.8, 4) is 0 Å². The molecular weight excluding hydrogens is 344 g/mol. The minimum atomic E-state index is -0.901. The van der Waals surface area contributed by atoms with Crippen LogP contribution in [0.1, 0.15) is 29.3 Å². The topological polar surface area (TPSA) is 67.5 Å². The van der Waals surface area contributed by atoms with E-state index in [9.17, 15) is 13.6 Å². The van der Waals surface area contributed by atoms with Crippen LogP contribution in [0.3, 0.4) is 0 Å². The number of amidine groups is 1. The minimum Gasteiger partial charge on any atom is -0.379 e. The number of nitrogens with two attached hydrogens (primary N) is 1. The fourth-order valence-electron chi connectivity index (χ4n) is 2.73. The zero-order valence-electron chi connectivity index (χ0n) is 13.6. The van der Waals surface area contributed by atoms with Gasteiger partial charge in [-0.1, -0.05) is 30.0 Å². The molecule has 7 heteroatoms. The normalized spacial score (nSPS) is 20.0. The van der Waals surface area contributed by atoms with Crippen LogP contribution in [0.2, 0.25) is 0 Å². The molecule has 25 heavy (non-hydrogen) atoms. The Bertz CT molecular complexity index is 836. The first-order chi connectivity index (χ1) is 11.9. The Hall–Kier alpha value is -2.41. The number of aliphatic imine (C=N–C) groups is 1. The summed E-state index contributed by atoms with van der Waals surface area (Å²) >= 11 is 1.51. The molecule has 3 N–H and O–H groups in total. The predicted octanol–water partition coefficient (Wildman–Crippen LogP) is 3.88. The van der Waals surface area contributed by atoms with Gasteiger partial charge in [0.25, 0.3) is 5.91 Å². The SMILES string of the molecule is CC1(c2cccc(NC(=O)c3c(F)cccc3F)c2)CCSC(N)=N1. The molecule has 0 fully saturated rings. The monoisotopic (exact) mass is 361 g/mol. The van der Waals surface area contributed by atoms with Crippen molar-refractivity contribution >= 4 is 28.5 Å². The first-order valence-corrected chi connectivity index (χ1v) is 8.72. The summed E-state index contributed by atoms with van der Waals surface area (Å²) in [6, 6.07) is 10.4. The number of halogens is 2. The smallest absolute Gasteiger partial charge is 0.261 e. The van der Waals surface area contributed by atoms with Gasteiger partial charge < -0.3 is 11.1 Å². The van der Waals surface area contributed by atoms with Crippen LogP contribution >= 0.6 is 11.8 Å². The second kappa shape index (κ2) is 6.84. The molecule has 1 unspecified atom stereocenters. The molecule has 0 aromatic heterocycles. The van der Waals surface area contributed by atoms with Crippen LogP contribution in [0.5, 0.6) is 0 Å². The van der Waals surface area contributed by atoms with Gasteiger partial charge in [-0.25, -0.2) is 8.78 Å². The quantitative estimate of drug-likeness (QED) is 0.872. The van der Waals surface area contributed by atoms with Gasteiger partial charge in [0.2, 0.25) is 0 Å². The highest BCUT2D eigenvalue weighted by Crippen LogP contribution is 2.35. The standard InChI is InChI=1S/C18H17F2N3OS/c1-18(8-9-25-17(21)23-18)11-4-2-5-12(10-11)22-16(24)15-13(19)6-3-7-14(15)20/h2-7,10H,8-9H2,1H3,(H2,21,23)(H,22,24). The number of anilines is 1. The van der Waals surface area contributed by atoms with E-state index in [0.717, 1.165) is 29.9 Å². The number of benzene rings is 2. The van der Waals surface area contributed by atoms with Crippen molar-refractivity contribution in [2.24, 2.45) is 10.7 Å². The molecule has 0 spiro atoms. The molecular formula is C18H17F2N3OS. The Morgan fingerprint density at radius 3 is 2.60 bits per heavy atom. The van der Waals surface area contributed by atoms with Crippen LogP contribution < -0.4 is 11.1 Å². The number of rotatable bonds is 3. The van der Waals surface area contributed by atoms with Crippen molar-refractivity contribution in [3.63, 3.8) is 0 Å². The summed E-state index contributed by atoms with van der Waals surface area (Å²) in [6.07, 6.45) is 0.803. The third kappa shape index (κ3) is 3.66. The zero-order valence-corrected chi connectivity index (χ0v) is 14.4. The Balaban J connectivity index is 1.88. The van der Waals surface area contributed by atoms with Crippen LogP contribution in [-0.2, 0) is 5.54 Å². The maximum absolute atomic E-state index is 13.7. The van der Waals surface area contributed by atoms with Gasteiger partial charge in [0.1, 0.15) is 17.2 Å². The Kier molecular flexibility index (Phi) is 4.76. The predicted molar refractivity (Wildman–Crippen MR) is 96.8 cm³/mol. The fourth-order valence-corrected chi connectivity index (χ4v) is 3.71. The number of hydrogen-bond acceptors (Lipinski definition) is 4. The van der Waals surface area contributed by atoms with Crippen LogP contribution in [0, 0.1) is 11.6 Å². The van der Waals surface area contributed by atoms with Crippen LogP contribution in [0.25, 0.3) is 0 Å². The molecule has 2 aromatic carbocycles. The molecule has 1 amide bonds. The molecule has 1 aliphatic heterocycles. The average Bonchev–Trinajstić information content (AvgIpc) is 2.55. The largest absolute Gasteiger partial charge is 0.379 e. The fraction of sp³-hybridized carbons (Fsp3) is 0.222. The summed E-state index contributed by atoms with van der Waals surface area (Å²) in [6.45, 7) is 1.97. The maximum Gasteiger partial charge on any atom is 0.261 e. The van der Waals surface area contributed by atoms with E-state index >= 15 is 0 Å². The van der Waals surface area contributed by atoms with Crippen LogP contribution in [-0.4, -0.2) is 16.8 Å². The Morgan fingerprint density at radius 2 is 1.92 bits per heavy atom. The number of thioether (sulfide) groups is 1. The molecule has 0 saturated heterocycles. The van der Waals surface area contributed by atoms with Gasteiger partial charge in [0.15, 0.2) is 5.17 Å². The van der Waals surface area contributed by atoms with Gasteiger partial charge in [-0.15, -0.1) is 0 Å². The number of carbonyl (C=O) groups is 1. The number of carbonyl (C=O) groups excluding carboxylic acids is 1. The van der Waals surface area contributed by atoms with Gasteiger partial charge >= 0.3 is 0 Å². The number of amides is 1. The molecule has 1 aliphatic rings. The lowest BCUT2D eigenvalue weighted by atomic mass is 9.89. The van der Waals surface area contributed by atoms with E-state index in [4.69, 9.17) is 5.73 Å². The summed E-state index contributed by atoms with van der Waals surface area (Å²) in [7, 11) is 0. The van der Waals surface area contributed by atoms with E-state index in [1.165, 1.54) is 17.8 Å². The van der Waals surface area contributed by atoms with Gasteiger partial charge in [0.05, 0.1) is 5.54 Å². The molecule has 0 aliphatic carbocycles. The molecule has 3 rings (SSSR count). The second-order valence-electron chi connectivity index (χ2n) is 5.95. The van der Waals surface area contributed by atoms with E-state index in [1.807, 2.05) is 13.0 Å². The molecule has 0 radical (unpaired) electrons. The lowest BCUT2D eigenvalue weighted by Gasteiger charge is -2.30. The highest BCUT2D eigenvalue weighted by Gasteiger charge is 2.29. The molecule has 0 saturated carbocycles. The van der Waals surface area contributed by atoms with Crippen molar-refractivity contribution in [1.82, 2.24) is 0 Å². The maximum atomic E-state index is 13.7. The average molecular weight is 361 g/mol.